The fourth-order valence-electron chi connectivity index (χ4n) is 1.63. The minimum atomic E-state index is -0.247. The SMILES string of the molecule is CC(Nc1ccnc(NN)n1)c1ccccc1F. The third-order valence-electron chi connectivity index (χ3n) is 2.52. The molecule has 2 rings (SSSR count). The van der Waals surface area contributed by atoms with Gasteiger partial charge in [0.1, 0.15) is 11.6 Å². The van der Waals surface area contributed by atoms with Crippen LogP contribution in [0.5, 0.6) is 0 Å². The van der Waals surface area contributed by atoms with Crippen molar-refractivity contribution in [3.05, 3.63) is 47.9 Å². The molecule has 5 nitrogen and oxygen atoms in total. The van der Waals surface area contributed by atoms with E-state index in [0.717, 1.165) is 0 Å². The number of nitrogens with two attached hydrogens (primary N) is 1. The van der Waals surface area contributed by atoms with Crippen LogP contribution in [0, 0.1) is 5.82 Å². The third kappa shape index (κ3) is 2.72. The summed E-state index contributed by atoms with van der Waals surface area (Å²) in [4.78, 5) is 8.00. The molecule has 0 saturated carbocycles. The smallest absolute Gasteiger partial charge is 0.239 e. The molecule has 0 amide bonds. The zero-order chi connectivity index (χ0) is 13.0. The quantitative estimate of drug-likeness (QED) is 0.569. The van der Waals surface area contributed by atoms with Gasteiger partial charge < -0.3 is 5.32 Å². The maximum absolute atomic E-state index is 13.6. The van der Waals surface area contributed by atoms with Crippen LogP contribution >= 0.6 is 0 Å². The predicted octanol–water partition coefficient (Wildman–Crippen LogP) is 2.07. The molecule has 0 radical (unpaired) electrons. The van der Waals surface area contributed by atoms with Crippen molar-refractivity contribution in [2.24, 2.45) is 5.84 Å². The Balaban J connectivity index is 2.16. The highest BCUT2D eigenvalue weighted by atomic mass is 19.1. The molecule has 0 spiro atoms. The molecule has 0 aliphatic rings. The standard InChI is InChI=1S/C12H14FN5/c1-8(9-4-2-3-5-10(9)13)16-11-6-7-15-12(17-11)18-14/h2-8H,14H2,1H3,(H2,15,16,17,18). The first kappa shape index (κ1) is 12.3. The van der Waals surface area contributed by atoms with E-state index in [1.54, 1.807) is 30.5 Å². The van der Waals surface area contributed by atoms with Gasteiger partial charge in [-0.3, -0.25) is 5.43 Å². The second kappa shape index (κ2) is 5.42. The van der Waals surface area contributed by atoms with Gasteiger partial charge in [-0.05, 0) is 19.1 Å². The molecule has 2 aromatic rings. The minimum Gasteiger partial charge on any atom is -0.363 e. The second-order valence-corrected chi connectivity index (χ2v) is 3.80. The zero-order valence-electron chi connectivity index (χ0n) is 9.89. The molecule has 0 aliphatic carbocycles. The number of halogens is 1. The number of hydrogen-bond donors (Lipinski definition) is 3. The molecule has 0 saturated heterocycles. The lowest BCUT2D eigenvalue weighted by molar-refractivity contribution is 0.600. The van der Waals surface area contributed by atoms with E-state index >= 15 is 0 Å². The number of aromatic nitrogens is 2. The van der Waals surface area contributed by atoms with Crippen LogP contribution in [-0.4, -0.2) is 9.97 Å². The molecule has 94 valence electrons. The highest BCUT2D eigenvalue weighted by Crippen LogP contribution is 2.20. The fraction of sp³-hybridized carbons (Fsp3) is 0.167. The average molecular weight is 247 g/mol. The molecule has 1 heterocycles. The minimum absolute atomic E-state index is 0.202. The lowest BCUT2D eigenvalue weighted by atomic mass is 10.1. The van der Waals surface area contributed by atoms with E-state index in [1.807, 2.05) is 6.92 Å². The van der Waals surface area contributed by atoms with E-state index < -0.39 is 0 Å². The number of hydrogen-bond acceptors (Lipinski definition) is 5. The molecule has 0 aliphatic heterocycles. The largest absolute Gasteiger partial charge is 0.363 e. The predicted molar refractivity (Wildman–Crippen MR) is 68.3 cm³/mol. The highest BCUT2D eigenvalue weighted by molar-refractivity contribution is 5.41. The van der Waals surface area contributed by atoms with Crippen molar-refractivity contribution in [3.63, 3.8) is 0 Å². The number of benzene rings is 1. The first-order valence-electron chi connectivity index (χ1n) is 5.51. The van der Waals surface area contributed by atoms with Crippen molar-refractivity contribution >= 4 is 11.8 Å². The summed E-state index contributed by atoms with van der Waals surface area (Å²) in [5.41, 5.74) is 2.94. The summed E-state index contributed by atoms with van der Waals surface area (Å²) in [6, 6.07) is 8.11. The number of hydrazine groups is 1. The van der Waals surface area contributed by atoms with Crippen LogP contribution in [0.15, 0.2) is 36.5 Å². The van der Waals surface area contributed by atoms with Gasteiger partial charge >= 0.3 is 0 Å². The van der Waals surface area contributed by atoms with Crippen LogP contribution in [0.4, 0.5) is 16.2 Å². The number of nitrogens with one attached hydrogen (secondary N) is 2. The molecule has 4 N–H and O–H groups in total. The van der Waals surface area contributed by atoms with Gasteiger partial charge in [0.25, 0.3) is 0 Å². The van der Waals surface area contributed by atoms with Crippen LogP contribution in [0.25, 0.3) is 0 Å². The van der Waals surface area contributed by atoms with Gasteiger partial charge in [-0.15, -0.1) is 0 Å². The summed E-state index contributed by atoms with van der Waals surface area (Å²) in [5.74, 6) is 5.86. The molecule has 1 aromatic heterocycles. The van der Waals surface area contributed by atoms with Crippen molar-refractivity contribution in [3.8, 4) is 0 Å². The van der Waals surface area contributed by atoms with Crippen LogP contribution in [0.3, 0.4) is 0 Å². The Kier molecular flexibility index (Phi) is 3.69. The molecule has 6 heteroatoms. The molecule has 0 bridgehead atoms. The third-order valence-corrected chi connectivity index (χ3v) is 2.52. The Morgan fingerprint density at radius 2 is 2.06 bits per heavy atom. The highest BCUT2D eigenvalue weighted by Gasteiger charge is 2.10. The summed E-state index contributed by atoms with van der Waals surface area (Å²) in [6.07, 6.45) is 1.57. The van der Waals surface area contributed by atoms with Gasteiger partial charge in [0.15, 0.2) is 0 Å². The molecule has 1 unspecified atom stereocenters. The Bertz CT molecular complexity index is 531. The number of nitrogen functional groups attached to an aromatic ring is 1. The van der Waals surface area contributed by atoms with Gasteiger partial charge in [0, 0.05) is 11.8 Å². The van der Waals surface area contributed by atoms with Gasteiger partial charge in [-0.2, -0.15) is 4.98 Å². The summed E-state index contributed by atoms with van der Waals surface area (Å²) >= 11 is 0. The molecule has 18 heavy (non-hydrogen) atoms. The molecular formula is C12H14FN5. The van der Waals surface area contributed by atoms with Gasteiger partial charge in [-0.1, -0.05) is 18.2 Å². The molecule has 1 atom stereocenters. The maximum Gasteiger partial charge on any atom is 0.239 e. The van der Waals surface area contributed by atoms with Gasteiger partial charge in [-0.25, -0.2) is 15.2 Å². The van der Waals surface area contributed by atoms with E-state index in [1.165, 1.54) is 6.07 Å². The van der Waals surface area contributed by atoms with Crippen LogP contribution in [0.1, 0.15) is 18.5 Å². The van der Waals surface area contributed by atoms with Crippen molar-refractivity contribution in [1.29, 1.82) is 0 Å². The van der Waals surface area contributed by atoms with E-state index in [-0.39, 0.29) is 11.9 Å². The van der Waals surface area contributed by atoms with E-state index in [4.69, 9.17) is 5.84 Å². The average Bonchev–Trinajstić information content (AvgIpc) is 2.39. The number of rotatable bonds is 4. The Labute approximate surface area is 104 Å². The lowest BCUT2D eigenvalue weighted by Gasteiger charge is -2.15. The lowest BCUT2D eigenvalue weighted by Crippen LogP contribution is -2.13. The van der Waals surface area contributed by atoms with E-state index in [2.05, 4.69) is 20.7 Å². The van der Waals surface area contributed by atoms with Crippen molar-refractivity contribution < 1.29 is 4.39 Å². The maximum atomic E-state index is 13.6. The zero-order valence-corrected chi connectivity index (χ0v) is 9.89. The monoisotopic (exact) mass is 247 g/mol. The Morgan fingerprint density at radius 1 is 1.28 bits per heavy atom. The molecular weight excluding hydrogens is 233 g/mol. The van der Waals surface area contributed by atoms with Crippen molar-refractivity contribution in [2.45, 2.75) is 13.0 Å². The van der Waals surface area contributed by atoms with E-state index in [0.29, 0.717) is 17.3 Å². The first-order chi connectivity index (χ1) is 8.70. The molecule has 1 aromatic carbocycles. The fourth-order valence-corrected chi connectivity index (χ4v) is 1.63. The summed E-state index contributed by atoms with van der Waals surface area (Å²) in [6.45, 7) is 1.86. The summed E-state index contributed by atoms with van der Waals surface area (Å²) in [5, 5.41) is 3.09. The van der Waals surface area contributed by atoms with Gasteiger partial charge in [0.2, 0.25) is 5.95 Å². The van der Waals surface area contributed by atoms with Gasteiger partial charge in [0.05, 0.1) is 6.04 Å². The molecule has 0 fully saturated rings. The van der Waals surface area contributed by atoms with Crippen molar-refractivity contribution in [1.82, 2.24) is 9.97 Å². The van der Waals surface area contributed by atoms with Crippen molar-refractivity contribution in [2.75, 3.05) is 10.7 Å². The Hall–Kier alpha value is -2.21. The van der Waals surface area contributed by atoms with Crippen LogP contribution in [-0.2, 0) is 0 Å². The second-order valence-electron chi connectivity index (χ2n) is 3.80. The summed E-state index contributed by atoms with van der Waals surface area (Å²) < 4.78 is 13.6. The van der Waals surface area contributed by atoms with E-state index in [9.17, 15) is 4.39 Å². The normalized spacial score (nSPS) is 11.9. The summed E-state index contributed by atoms with van der Waals surface area (Å²) in [7, 11) is 0. The number of nitrogens with zero attached hydrogens (tertiary/aromatic N) is 2. The first-order valence-corrected chi connectivity index (χ1v) is 5.51. The number of anilines is 2. The Morgan fingerprint density at radius 3 is 2.78 bits per heavy atom. The van der Waals surface area contributed by atoms with Crippen LogP contribution in [0.2, 0.25) is 0 Å². The van der Waals surface area contributed by atoms with Crippen LogP contribution < -0.4 is 16.6 Å². The topological polar surface area (TPSA) is 75.9 Å².